The number of hydrogen-bond acceptors (Lipinski definition) is 3. The number of nitrogens with zero attached hydrogens (tertiary/aromatic N) is 1. The standard InChI is InChI=1S/C14H19BrN2O3S/c1-3-10-4-5-17(8-10)14(18)12-6-11(15)7-13(9(12)2)21(16,19)20/h6-7,10H,3-5,8H2,1-2H3,(H2,16,19,20). The van der Waals surface area contributed by atoms with Crippen molar-refractivity contribution in [2.24, 2.45) is 11.1 Å². The van der Waals surface area contributed by atoms with Crippen LogP contribution in [-0.4, -0.2) is 32.3 Å². The van der Waals surface area contributed by atoms with E-state index in [2.05, 4.69) is 22.9 Å². The lowest BCUT2D eigenvalue weighted by Gasteiger charge is -2.19. The highest BCUT2D eigenvalue weighted by molar-refractivity contribution is 9.10. The van der Waals surface area contributed by atoms with Gasteiger partial charge in [-0.1, -0.05) is 29.3 Å². The summed E-state index contributed by atoms with van der Waals surface area (Å²) in [6, 6.07) is 3.09. The van der Waals surface area contributed by atoms with Gasteiger partial charge in [-0.3, -0.25) is 4.79 Å². The van der Waals surface area contributed by atoms with Gasteiger partial charge in [0.2, 0.25) is 10.0 Å². The number of nitrogens with two attached hydrogens (primary N) is 1. The Bertz CT molecular complexity index is 673. The number of sulfonamides is 1. The zero-order valence-corrected chi connectivity index (χ0v) is 14.5. The van der Waals surface area contributed by atoms with Gasteiger partial charge in [-0.15, -0.1) is 0 Å². The first-order valence-corrected chi connectivity index (χ1v) is 9.20. The van der Waals surface area contributed by atoms with Gasteiger partial charge in [0.05, 0.1) is 4.90 Å². The highest BCUT2D eigenvalue weighted by Gasteiger charge is 2.28. The minimum atomic E-state index is -3.85. The molecule has 5 nitrogen and oxygen atoms in total. The molecule has 1 aliphatic heterocycles. The summed E-state index contributed by atoms with van der Waals surface area (Å²) in [5.41, 5.74) is 0.802. The number of benzene rings is 1. The van der Waals surface area contributed by atoms with Gasteiger partial charge in [0.25, 0.3) is 5.91 Å². The summed E-state index contributed by atoms with van der Waals surface area (Å²) in [5.74, 6) is 0.397. The Kier molecular flexibility index (Phi) is 4.75. The van der Waals surface area contributed by atoms with E-state index < -0.39 is 10.0 Å². The molecule has 1 aliphatic rings. The van der Waals surface area contributed by atoms with E-state index in [0.29, 0.717) is 28.1 Å². The fourth-order valence-corrected chi connectivity index (χ4v) is 4.13. The van der Waals surface area contributed by atoms with Crippen molar-refractivity contribution in [3.05, 3.63) is 27.7 Å². The zero-order valence-electron chi connectivity index (χ0n) is 12.1. The van der Waals surface area contributed by atoms with Gasteiger partial charge in [-0.05, 0) is 37.0 Å². The molecule has 0 radical (unpaired) electrons. The van der Waals surface area contributed by atoms with E-state index >= 15 is 0 Å². The first-order chi connectivity index (χ1) is 9.74. The number of likely N-dealkylation sites (tertiary alicyclic amines) is 1. The van der Waals surface area contributed by atoms with Crippen LogP contribution in [0.25, 0.3) is 0 Å². The van der Waals surface area contributed by atoms with E-state index in [1.54, 1.807) is 17.9 Å². The Morgan fingerprint density at radius 1 is 1.48 bits per heavy atom. The molecule has 1 amide bonds. The van der Waals surface area contributed by atoms with E-state index in [9.17, 15) is 13.2 Å². The third-order valence-corrected chi connectivity index (χ3v) is 5.51. The molecular formula is C14H19BrN2O3S. The number of hydrogen-bond donors (Lipinski definition) is 1. The minimum absolute atomic E-state index is 0.00790. The Morgan fingerprint density at radius 2 is 2.14 bits per heavy atom. The predicted octanol–water partition coefficient (Wildman–Crippen LogP) is 2.28. The molecule has 0 aliphatic carbocycles. The molecule has 116 valence electrons. The number of carbonyl (C=O) groups excluding carboxylic acids is 1. The fraction of sp³-hybridized carbons (Fsp3) is 0.500. The van der Waals surface area contributed by atoms with Gasteiger partial charge < -0.3 is 4.90 Å². The molecule has 1 saturated heterocycles. The lowest BCUT2D eigenvalue weighted by molar-refractivity contribution is 0.0786. The SMILES string of the molecule is CCC1CCN(C(=O)c2cc(Br)cc(S(N)(=O)=O)c2C)C1. The van der Waals surface area contributed by atoms with Crippen molar-refractivity contribution in [1.29, 1.82) is 0 Å². The Morgan fingerprint density at radius 3 is 2.67 bits per heavy atom. The number of amides is 1. The van der Waals surface area contributed by atoms with Crippen LogP contribution in [0.5, 0.6) is 0 Å². The fourth-order valence-electron chi connectivity index (χ4n) is 2.69. The van der Waals surface area contributed by atoms with Crippen molar-refractivity contribution in [2.75, 3.05) is 13.1 Å². The summed E-state index contributed by atoms with van der Waals surface area (Å²) in [4.78, 5) is 14.4. The average Bonchev–Trinajstić information content (AvgIpc) is 2.87. The van der Waals surface area contributed by atoms with Gasteiger partial charge >= 0.3 is 0 Å². The second-order valence-electron chi connectivity index (χ2n) is 5.44. The average molecular weight is 375 g/mol. The summed E-state index contributed by atoms with van der Waals surface area (Å²) in [6.07, 6.45) is 2.04. The molecule has 21 heavy (non-hydrogen) atoms. The van der Waals surface area contributed by atoms with Crippen molar-refractivity contribution in [3.8, 4) is 0 Å². The Hall–Kier alpha value is -0.920. The highest BCUT2D eigenvalue weighted by Crippen LogP contribution is 2.27. The van der Waals surface area contributed by atoms with Crippen LogP contribution in [0.1, 0.15) is 35.7 Å². The maximum Gasteiger partial charge on any atom is 0.254 e. The van der Waals surface area contributed by atoms with Crippen molar-refractivity contribution in [3.63, 3.8) is 0 Å². The monoisotopic (exact) mass is 374 g/mol. The minimum Gasteiger partial charge on any atom is -0.338 e. The normalized spacial score (nSPS) is 19.0. The Balaban J connectivity index is 2.41. The quantitative estimate of drug-likeness (QED) is 0.880. The molecule has 1 heterocycles. The number of carbonyl (C=O) groups is 1. The molecule has 2 N–H and O–H groups in total. The summed E-state index contributed by atoms with van der Waals surface area (Å²) in [7, 11) is -3.85. The summed E-state index contributed by atoms with van der Waals surface area (Å²) >= 11 is 3.25. The molecule has 0 aromatic heterocycles. The molecule has 1 atom stereocenters. The maximum absolute atomic E-state index is 12.6. The van der Waals surface area contributed by atoms with E-state index in [1.807, 2.05) is 0 Å². The molecule has 1 aromatic carbocycles. The van der Waals surface area contributed by atoms with Crippen LogP contribution in [0.15, 0.2) is 21.5 Å². The zero-order chi connectivity index (χ0) is 15.8. The lowest BCUT2D eigenvalue weighted by Crippen LogP contribution is -2.30. The third-order valence-electron chi connectivity index (χ3n) is 4.01. The van der Waals surface area contributed by atoms with Gasteiger partial charge in [-0.25, -0.2) is 13.6 Å². The molecule has 2 rings (SSSR count). The van der Waals surface area contributed by atoms with Crippen molar-refractivity contribution in [2.45, 2.75) is 31.6 Å². The summed E-state index contributed by atoms with van der Waals surface area (Å²) < 4.78 is 23.8. The third kappa shape index (κ3) is 3.46. The van der Waals surface area contributed by atoms with E-state index in [-0.39, 0.29) is 10.8 Å². The first kappa shape index (κ1) is 16.5. The second-order valence-corrected chi connectivity index (χ2v) is 7.88. The molecule has 0 bridgehead atoms. The van der Waals surface area contributed by atoms with Crippen LogP contribution < -0.4 is 5.14 Å². The van der Waals surface area contributed by atoms with Crippen LogP contribution in [0.2, 0.25) is 0 Å². The van der Waals surface area contributed by atoms with Crippen LogP contribution >= 0.6 is 15.9 Å². The molecule has 1 fully saturated rings. The van der Waals surface area contributed by atoms with Gasteiger partial charge in [0.1, 0.15) is 0 Å². The van der Waals surface area contributed by atoms with Gasteiger partial charge in [-0.2, -0.15) is 0 Å². The first-order valence-electron chi connectivity index (χ1n) is 6.86. The molecule has 7 heteroatoms. The topological polar surface area (TPSA) is 80.5 Å². The number of rotatable bonds is 3. The highest BCUT2D eigenvalue weighted by atomic mass is 79.9. The lowest BCUT2D eigenvalue weighted by atomic mass is 10.1. The second kappa shape index (κ2) is 6.06. The van der Waals surface area contributed by atoms with Crippen LogP contribution in [0.4, 0.5) is 0 Å². The predicted molar refractivity (Wildman–Crippen MR) is 84.6 cm³/mol. The molecule has 0 saturated carbocycles. The van der Waals surface area contributed by atoms with E-state index in [0.717, 1.165) is 19.4 Å². The smallest absolute Gasteiger partial charge is 0.254 e. The number of primary sulfonamides is 1. The molecular weight excluding hydrogens is 356 g/mol. The Labute approximate surface area is 133 Å². The largest absolute Gasteiger partial charge is 0.338 e. The van der Waals surface area contributed by atoms with Crippen molar-refractivity contribution < 1.29 is 13.2 Å². The van der Waals surface area contributed by atoms with Crippen molar-refractivity contribution in [1.82, 2.24) is 4.90 Å². The molecule has 1 unspecified atom stereocenters. The van der Waals surface area contributed by atoms with Crippen molar-refractivity contribution >= 4 is 31.9 Å². The van der Waals surface area contributed by atoms with E-state index in [4.69, 9.17) is 5.14 Å². The van der Waals surface area contributed by atoms with Crippen LogP contribution in [0.3, 0.4) is 0 Å². The van der Waals surface area contributed by atoms with Crippen LogP contribution in [-0.2, 0) is 10.0 Å². The summed E-state index contributed by atoms with van der Waals surface area (Å²) in [5, 5.41) is 5.22. The van der Waals surface area contributed by atoms with E-state index in [1.165, 1.54) is 6.07 Å². The molecule has 1 aromatic rings. The van der Waals surface area contributed by atoms with Gasteiger partial charge in [0.15, 0.2) is 0 Å². The number of halogens is 1. The molecule has 0 spiro atoms. The van der Waals surface area contributed by atoms with Crippen LogP contribution in [0, 0.1) is 12.8 Å². The maximum atomic E-state index is 12.6. The summed E-state index contributed by atoms with van der Waals surface area (Å²) in [6.45, 7) is 5.18. The van der Waals surface area contributed by atoms with Gasteiger partial charge in [0, 0.05) is 23.1 Å².